The lowest BCUT2D eigenvalue weighted by Crippen LogP contribution is -2.32. The van der Waals surface area contributed by atoms with E-state index in [1.165, 1.54) is 7.11 Å². The van der Waals surface area contributed by atoms with Gasteiger partial charge in [0.2, 0.25) is 0 Å². The van der Waals surface area contributed by atoms with Crippen molar-refractivity contribution in [1.82, 2.24) is 0 Å². The van der Waals surface area contributed by atoms with Crippen LogP contribution in [0.3, 0.4) is 0 Å². The van der Waals surface area contributed by atoms with Gasteiger partial charge < -0.3 is 10.5 Å². The fourth-order valence-electron chi connectivity index (χ4n) is 1.81. The van der Waals surface area contributed by atoms with Crippen molar-refractivity contribution in [2.45, 2.75) is 19.3 Å². The van der Waals surface area contributed by atoms with Crippen LogP contribution in [0.25, 0.3) is 0 Å². The van der Waals surface area contributed by atoms with E-state index in [-0.39, 0.29) is 11.9 Å². The van der Waals surface area contributed by atoms with Gasteiger partial charge in [-0.1, -0.05) is 12.2 Å². The molecule has 0 heterocycles. The van der Waals surface area contributed by atoms with E-state index in [9.17, 15) is 4.79 Å². The Kier molecular flexibility index (Phi) is 3.96. The molecule has 1 aliphatic rings. The first-order valence-electron chi connectivity index (χ1n) is 4.72. The fraction of sp³-hybridized carbons (Fsp3) is 0.700. The molecule has 2 atom stereocenters. The smallest absolute Gasteiger partial charge is 0.310 e. The van der Waals surface area contributed by atoms with Crippen molar-refractivity contribution in [2.24, 2.45) is 17.6 Å². The van der Waals surface area contributed by atoms with E-state index in [1.807, 2.05) is 0 Å². The highest BCUT2D eigenvalue weighted by atomic mass is 16.5. The predicted molar refractivity (Wildman–Crippen MR) is 51.0 cm³/mol. The molecule has 0 radical (unpaired) electrons. The van der Waals surface area contributed by atoms with Gasteiger partial charge in [-0.3, -0.25) is 4.79 Å². The number of carbonyl (C=O) groups is 1. The number of methoxy groups -OCH3 is 1. The van der Waals surface area contributed by atoms with Crippen molar-refractivity contribution in [3.63, 3.8) is 0 Å². The summed E-state index contributed by atoms with van der Waals surface area (Å²) < 4.78 is 4.71. The van der Waals surface area contributed by atoms with Gasteiger partial charge >= 0.3 is 5.97 Å². The van der Waals surface area contributed by atoms with Gasteiger partial charge in [0.1, 0.15) is 0 Å². The zero-order valence-electron chi connectivity index (χ0n) is 8.03. The predicted octanol–water partition coefficient (Wildman–Crippen LogP) is 1.09. The lowest BCUT2D eigenvalue weighted by molar-refractivity contribution is -0.147. The number of nitrogens with two attached hydrogens (primary N) is 1. The summed E-state index contributed by atoms with van der Waals surface area (Å²) in [6.45, 7) is 0.394. The monoisotopic (exact) mass is 183 g/mol. The third-order valence-corrected chi connectivity index (χ3v) is 2.64. The standard InChI is InChI=1S/C10H17NO2/c1-13-10(12)9(7-11)8-5-3-2-4-6-8/h2-3,8-9H,4-7,11H2,1H3. The molecular weight excluding hydrogens is 166 g/mol. The Morgan fingerprint density at radius 1 is 1.69 bits per heavy atom. The highest BCUT2D eigenvalue weighted by molar-refractivity contribution is 5.72. The van der Waals surface area contributed by atoms with Gasteiger partial charge in [0.15, 0.2) is 0 Å². The highest BCUT2D eigenvalue weighted by Gasteiger charge is 2.27. The minimum Gasteiger partial charge on any atom is -0.469 e. The van der Waals surface area contributed by atoms with Crippen LogP contribution in [-0.2, 0) is 9.53 Å². The molecule has 0 fully saturated rings. The van der Waals surface area contributed by atoms with Crippen molar-refractivity contribution >= 4 is 5.97 Å². The average Bonchev–Trinajstić information content (AvgIpc) is 2.20. The van der Waals surface area contributed by atoms with Crippen LogP contribution in [0.4, 0.5) is 0 Å². The lowest BCUT2D eigenvalue weighted by Gasteiger charge is -2.24. The third kappa shape index (κ3) is 2.56. The fourth-order valence-corrected chi connectivity index (χ4v) is 1.81. The summed E-state index contributed by atoms with van der Waals surface area (Å²) in [7, 11) is 1.42. The van der Waals surface area contributed by atoms with Crippen LogP contribution in [0.15, 0.2) is 12.2 Å². The molecule has 13 heavy (non-hydrogen) atoms. The summed E-state index contributed by atoms with van der Waals surface area (Å²) in [5.41, 5.74) is 5.56. The molecule has 0 aromatic heterocycles. The molecule has 2 N–H and O–H groups in total. The molecule has 0 spiro atoms. The van der Waals surface area contributed by atoms with Gasteiger partial charge in [0.25, 0.3) is 0 Å². The SMILES string of the molecule is COC(=O)C(CN)C1CC=CCC1. The van der Waals surface area contributed by atoms with Crippen LogP contribution in [0.1, 0.15) is 19.3 Å². The Balaban J connectivity index is 2.54. The van der Waals surface area contributed by atoms with E-state index >= 15 is 0 Å². The van der Waals surface area contributed by atoms with Gasteiger partial charge in [0.05, 0.1) is 13.0 Å². The number of allylic oxidation sites excluding steroid dienone is 2. The maximum atomic E-state index is 11.3. The zero-order valence-corrected chi connectivity index (χ0v) is 8.03. The normalized spacial score (nSPS) is 24.0. The Morgan fingerprint density at radius 2 is 2.46 bits per heavy atom. The van der Waals surface area contributed by atoms with Gasteiger partial charge in [-0.25, -0.2) is 0 Å². The molecule has 2 unspecified atom stereocenters. The first-order chi connectivity index (χ1) is 6.29. The summed E-state index contributed by atoms with van der Waals surface area (Å²) in [4.78, 5) is 11.3. The van der Waals surface area contributed by atoms with Crippen molar-refractivity contribution in [1.29, 1.82) is 0 Å². The summed E-state index contributed by atoms with van der Waals surface area (Å²) in [5.74, 6) is 0.0974. The van der Waals surface area contributed by atoms with Crippen molar-refractivity contribution in [3.8, 4) is 0 Å². The van der Waals surface area contributed by atoms with Crippen LogP contribution in [-0.4, -0.2) is 19.6 Å². The average molecular weight is 183 g/mol. The zero-order chi connectivity index (χ0) is 9.68. The van der Waals surface area contributed by atoms with Gasteiger partial charge in [-0.15, -0.1) is 0 Å². The van der Waals surface area contributed by atoms with E-state index in [0.717, 1.165) is 19.3 Å². The van der Waals surface area contributed by atoms with Crippen molar-refractivity contribution < 1.29 is 9.53 Å². The van der Waals surface area contributed by atoms with Crippen LogP contribution >= 0.6 is 0 Å². The molecule has 0 aromatic carbocycles. The number of esters is 1. The second-order valence-electron chi connectivity index (χ2n) is 3.41. The topological polar surface area (TPSA) is 52.3 Å². The van der Waals surface area contributed by atoms with Crippen LogP contribution in [0.2, 0.25) is 0 Å². The number of hydrogen-bond acceptors (Lipinski definition) is 3. The molecule has 1 aliphatic carbocycles. The molecule has 1 rings (SSSR count). The molecule has 0 aromatic rings. The molecule has 0 amide bonds. The number of hydrogen-bond donors (Lipinski definition) is 1. The number of rotatable bonds is 3. The van der Waals surface area contributed by atoms with Gasteiger partial charge in [-0.2, -0.15) is 0 Å². The van der Waals surface area contributed by atoms with Crippen LogP contribution in [0.5, 0.6) is 0 Å². The molecule has 3 heteroatoms. The van der Waals surface area contributed by atoms with E-state index in [4.69, 9.17) is 10.5 Å². The maximum absolute atomic E-state index is 11.3. The van der Waals surface area contributed by atoms with Crippen LogP contribution < -0.4 is 5.73 Å². The second kappa shape index (κ2) is 5.02. The maximum Gasteiger partial charge on any atom is 0.310 e. The van der Waals surface area contributed by atoms with E-state index in [2.05, 4.69) is 12.2 Å². The minimum atomic E-state index is -0.164. The molecule has 0 saturated heterocycles. The Morgan fingerprint density at radius 3 is 2.92 bits per heavy atom. The van der Waals surface area contributed by atoms with E-state index in [0.29, 0.717) is 12.5 Å². The number of ether oxygens (including phenoxy) is 1. The van der Waals surface area contributed by atoms with E-state index < -0.39 is 0 Å². The number of carbonyl (C=O) groups excluding carboxylic acids is 1. The summed E-state index contributed by atoms with van der Waals surface area (Å²) in [6, 6.07) is 0. The Bertz CT molecular complexity index is 201. The van der Waals surface area contributed by atoms with Gasteiger partial charge in [-0.05, 0) is 25.2 Å². The lowest BCUT2D eigenvalue weighted by atomic mass is 9.83. The third-order valence-electron chi connectivity index (χ3n) is 2.64. The quantitative estimate of drug-likeness (QED) is 0.526. The van der Waals surface area contributed by atoms with E-state index in [1.54, 1.807) is 0 Å². The summed E-state index contributed by atoms with van der Waals surface area (Å²) in [6.07, 6.45) is 7.34. The van der Waals surface area contributed by atoms with Crippen LogP contribution in [0, 0.1) is 11.8 Å². The molecule has 0 bridgehead atoms. The highest BCUT2D eigenvalue weighted by Crippen LogP contribution is 2.26. The molecular formula is C10H17NO2. The molecule has 3 nitrogen and oxygen atoms in total. The first kappa shape index (κ1) is 10.3. The Labute approximate surface area is 78.9 Å². The second-order valence-corrected chi connectivity index (χ2v) is 3.41. The largest absolute Gasteiger partial charge is 0.469 e. The first-order valence-corrected chi connectivity index (χ1v) is 4.72. The van der Waals surface area contributed by atoms with Gasteiger partial charge in [0, 0.05) is 6.54 Å². The van der Waals surface area contributed by atoms with Crippen molar-refractivity contribution in [3.05, 3.63) is 12.2 Å². The summed E-state index contributed by atoms with van der Waals surface area (Å²) >= 11 is 0. The Hall–Kier alpha value is -0.830. The molecule has 0 aliphatic heterocycles. The molecule has 0 saturated carbocycles. The summed E-state index contributed by atoms with van der Waals surface area (Å²) in [5, 5.41) is 0. The molecule has 74 valence electrons. The minimum absolute atomic E-state index is 0.116. The van der Waals surface area contributed by atoms with Crippen molar-refractivity contribution in [2.75, 3.05) is 13.7 Å².